The third-order valence-corrected chi connectivity index (χ3v) is 5.29. The number of aromatic nitrogens is 2. The normalized spacial score (nSPS) is 11.5. The van der Waals surface area contributed by atoms with Gasteiger partial charge in [-0.1, -0.05) is 59.9 Å². The maximum atomic E-state index is 5.30. The van der Waals surface area contributed by atoms with Crippen LogP contribution in [0, 0.1) is 6.92 Å². The van der Waals surface area contributed by atoms with Gasteiger partial charge < -0.3 is 9.30 Å². The van der Waals surface area contributed by atoms with Crippen LogP contribution in [-0.4, -0.2) is 16.7 Å². The molecule has 26 heavy (non-hydrogen) atoms. The van der Waals surface area contributed by atoms with Crippen LogP contribution >= 0.6 is 11.3 Å². The molecule has 0 saturated carbocycles. The molecular formula is C20H18N4OS. The van der Waals surface area contributed by atoms with Gasteiger partial charge in [0.25, 0.3) is 0 Å². The highest BCUT2D eigenvalue weighted by atomic mass is 32.1. The third kappa shape index (κ3) is 2.78. The summed E-state index contributed by atoms with van der Waals surface area (Å²) in [5, 5.41) is 11.4. The van der Waals surface area contributed by atoms with Crippen LogP contribution in [0.2, 0.25) is 0 Å². The maximum absolute atomic E-state index is 5.30. The van der Waals surface area contributed by atoms with Crippen molar-refractivity contribution in [2.45, 2.75) is 6.92 Å². The molecule has 2 aromatic carbocycles. The number of nitrogens with zero attached hydrogens (tertiary/aromatic N) is 4. The summed E-state index contributed by atoms with van der Waals surface area (Å²) in [6, 6.07) is 18.5. The van der Waals surface area contributed by atoms with Crippen molar-refractivity contribution in [2.24, 2.45) is 17.3 Å². The van der Waals surface area contributed by atoms with Gasteiger partial charge in [0.1, 0.15) is 5.69 Å². The molecule has 5 nitrogen and oxygen atoms in total. The van der Waals surface area contributed by atoms with Crippen molar-refractivity contribution in [3.8, 4) is 16.3 Å². The van der Waals surface area contributed by atoms with Crippen molar-refractivity contribution in [1.29, 1.82) is 0 Å². The van der Waals surface area contributed by atoms with Crippen LogP contribution in [-0.2, 0) is 7.05 Å². The predicted molar refractivity (Wildman–Crippen MR) is 106 cm³/mol. The van der Waals surface area contributed by atoms with Crippen LogP contribution in [0.4, 0.5) is 10.8 Å². The Labute approximate surface area is 155 Å². The summed E-state index contributed by atoms with van der Waals surface area (Å²) < 4.78 is 7.45. The van der Waals surface area contributed by atoms with Crippen molar-refractivity contribution in [1.82, 2.24) is 9.55 Å². The van der Waals surface area contributed by atoms with E-state index >= 15 is 0 Å². The van der Waals surface area contributed by atoms with Gasteiger partial charge in [0.05, 0.1) is 24.0 Å². The lowest BCUT2D eigenvalue weighted by molar-refractivity contribution is 0.423. The van der Waals surface area contributed by atoms with Crippen LogP contribution in [0.3, 0.4) is 0 Å². The molecule has 0 aliphatic rings. The molecule has 0 amide bonds. The van der Waals surface area contributed by atoms with E-state index in [2.05, 4.69) is 51.1 Å². The van der Waals surface area contributed by atoms with E-state index in [4.69, 9.17) is 4.74 Å². The molecule has 2 aromatic heterocycles. The zero-order valence-corrected chi connectivity index (χ0v) is 15.6. The molecule has 0 fully saturated rings. The zero-order chi connectivity index (χ0) is 18.1. The first kappa shape index (κ1) is 16.5. The fourth-order valence-electron chi connectivity index (χ4n) is 3.09. The minimum absolute atomic E-state index is 0.589. The molecule has 130 valence electrons. The summed E-state index contributed by atoms with van der Waals surface area (Å²) >= 11 is 1.39. The van der Waals surface area contributed by atoms with Crippen LogP contribution in [0.1, 0.15) is 5.69 Å². The van der Waals surface area contributed by atoms with E-state index in [9.17, 15) is 0 Å². The summed E-state index contributed by atoms with van der Waals surface area (Å²) in [6.45, 7) is 1.90. The first-order valence-corrected chi connectivity index (χ1v) is 9.06. The lowest BCUT2D eigenvalue weighted by atomic mass is 10.1. The minimum atomic E-state index is 0.589. The lowest BCUT2D eigenvalue weighted by Crippen LogP contribution is -1.90. The molecule has 0 saturated heterocycles. The molecule has 0 aliphatic heterocycles. The molecule has 0 aliphatic carbocycles. The Balaban J connectivity index is 1.89. The van der Waals surface area contributed by atoms with Gasteiger partial charge in [-0.25, -0.2) is 4.98 Å². The van der Waals surface area contributed by atoms with Crippen molar-refractivity contribution >= 4 is 33.1 Å². The van der Waals surface area contributed by atoms with Crippen molar-refractivity contribution in [3.63, 3.8) is 0 Å². The fourth-order valence-corrected chi connectivity index (χ4v) is 3.80. The van der Waals surface area contributed by atoms with Crippen molar-refractivity contribution in [2.75, 3.05) is 7.11 Å². The largest absolute Gasteiger partial charge is 0.486 e. The summed E-state index contributed by atoms with van der Waals surface area (Å²) in [5.41, 5.74) is 4.94. The predicted octanol–water partition coefficient (Wildman–Crippen LogP) is 6.03. The van der Waals surface area contributed by atoms with Gasteiger partial charge in [-0.2, -0.15) is 0 Å². The number of methoxy groups -OCH3 is 1. The summed E-state index contributed by atoms with van der Waals surface area (Å²) in [7, 11) is 3.69. The first-order valence-electron chi connectivity index (χ1n) is 8.25. The smallest absolute Gasteiger partial charge is 0.233 e. The molecule has 6 heteroatoms. The topological polar surface area (TPSA) is 51.8 Å². The van der Waals surface area contributed by atoms with Gasteiger partial charge in [0.15, 0.2) is 5.06 Å². The van der Waals surface area contributed by atoms with Crippen LogP contribution in [0.25, 0.3) is 22.2 Å². The highest BCUT2D eigenvalue weighted by Gasteiger charge is 2.16. The second-order valence-corrected chi connectivity index (χ2v) is 6.85. The molecule has 2 heterocycles. The highest BCUT2D eigenvalue weighted by Crippen LogP contribution is 2.41. The minimum Gasteiger partial charge on any atom is -0.486 e. The van der Waals surface area contributed by atoms with Crippen LogP contribution in [0.5, 0.6) is 5.06 Å². The van der Waals surface area contributed by atoms with Gasteiger partial charge >= 0.3 is 0 Å². The molecule has 0 bridgehead atoms. The number of fused-ring (bicyclic) bond motifs is 1. The number of rotatable bonds is 4. The van der Waals surface area contributed by atoms with Gasteiger partial charge in [0, 0.05) is 18.0 Å². The zero-order valence-electron chi connectivity index (χ0n) is 14.8. The van der Waals surface area contributed by atoms with E-state index in [0.29, 0.717) is 5.13 Å². The molecular weight excluding hydrogens is 344 g/mol. The monoisotopic (exact) mass is 362 g/mol. The average molecular weight is 362 g/mol. The van der Waals surface area contributed by atoms with E-state index in [1.165, 1.54) is 11.3 Å². The van der Waals surface area contributed by atoms with E-state index in [1.54, 1.807) is 7.11 Å². The molecule has 4 aromatic rings. The van der Waals surface area contributed by atoms with E-state index in [1.807, 2.05) is 37.3 Å². The Morgan fingerprint density at radius 1 is 1.00 bits per heavy atom. The number of azo groups is 1. The first-order chi connectivity index (χ1) is 12.7. The van der Waals surface area contributed by atoms with Gasteiger partial charge in [0.2, 0.25) is 5.13 Å². The van der Waals surface area contributed by atoms with Gasteiger partial charge in [-0.15, -0.1) is 10.2 Å². The highest BCUT2D eigenvalue weighted by molar-refractivity contribution is 7.17. The van der Waals surface area contributed by atoms with Gasteiger partial charge in [-0.3, -0.25) is 0 Å². The maximum Gasteiger partial charge on any atom is 0.233 e. The van der Waals surface area contributed by atoms with Crippen LogP contribution in [0.15, 0.2) is 64.8 Å². The Hall–Kier alpha value is -2.99. The van der Waals surface area contributed by atoms with E-state index in [0.717, 1.165) is 38.6 Å². The van der Waals surface area contributed by atoms with Crippen molar-refractivity contribution in [3.05, 3.63) is 60.3 Å². The van der Waals surface area contributed by atoms with Crippen molar-refractivity contribution < 1.29 is 4.74 Å². The molecule has 0 spiro atoms. The SMILES string of the molecule is COc1sc(N=Nc2c(-c3ccccc3)n(C)c3ccccc23)nc1C. The molecule has 4 rings (SSSR count). The standard InChI is InChI=1S/C20H18N4OS/c1-13-19(25-3)26-20(21-13)23-22-17-15-11-7-8-12-16(15)24(2)18(17)14-9-5-4-6-10-14/h4-12H,1-3H3. The Bertz CT molecular complexity index is 1100. The van der Waals surface area contributed by atoms with E-state index in [-0.39, 0.29) is 0 Å². The van der Waals surface area contributed by atoms with Crippen LogP contribution < -0.4 is 4.74 Å². The Kier molecular flexibility index (Phi) is 4.26. The number of thiazole rings is 1. The average Bonchev–Trinajstić information content (AvgIpc) is 3.18. The van der Waals surface area contributed by atoms with E-state index < -0.39 is 0 Å². The Morgan fingerprint density at radius 3 is 2.46 bits per heavy atom. The Morgan fingerprint density at radius 2 is 1.73 bits per heavy atom. The summed E-state index contributed by atoms with van der Waals surface area (Å²) in [5.74, 6) is 0. The quantitative estimate of drug-likeness (QED) is 0.416. The molecule has 0 unspecified atom stereocenters. The number of benzene rings is 2. The molecule has 0 atom stereocenters. The number of para-hydroxylation sites is 1. The molecule has 0 radical (unpaired) electrons. The number of ether oxygens (including phenoxy) is 1. The third-order valence-electron chi connectivity index (χ3n) is 4.29. The summed E-state index contributed by atoms with van der Waals surface area (Å²) in [6.07, 6.45) is 0. The fraction of sp³-hybridized carbons (Fsp3) is 0.150. The lowest BCUT2D eigenvalue weighted by Gasteiger charge is -2.05. The summed E-state index contributed by atoms with van der Waals surface area (Å²) in [4.78, 5) is 4.41. The second-order valence-electron chi connectivity index (χ2n) is 5.91. The van der Waals surface area contributed by atoms with Gasteiger partial charge in [-0.05, 0) is 13.0 Å². The number of hydrogen-bond donors (Lipinski definition) is 0. The number of aryl methyl sites for hydroxylation is 2. The second kappa shape index (κ2) is 6.72. The number of hydrogen-bond acceptors (Lipinski definition) is 5. The molecule has 0 N–H and O–H groups in total.